The van der Waals surface area contributed by atoms with E-state index in [4.69, 9.17) is 0 Å². The average Bonchev–Trinajstić information content (AvgIpc) is 3.04. The number of benzene rings is 1. The molecule has 0 fully saturated rings. The second-order valence-corrected chi connectivity index (χ2v) is 8.42. The van der Waals surface area contributed by atoms with Gasteiger partial charge < -0.3 is 5.32 Å². The van der Waals surface area contributed by atoms with Crippen molar-refractivity contribution in [2.24, 2.45) is 0 Å². The minimum atomic E-state index is -0.942. The second-order valence-electron chi connectivity index (χ2n) is 5.57. The SMILES string of the molecule is CCNC1c2ccccc2C(C)CC1S(=O)c1cccs1. The lowest BCUT2D eigenvalue weighted by atomic mass is 9.80. The Kier molecular flexibility index (Phi) is 4.57. The Morgan fingerprint density at radius 2 is 2.00 bits per heavy atom. The van der Waals surface area contributed by atoms with Gasteiger partial charge in [-0.05, 0) is 41.5 Å². The van der Waals surface area contributed by atoms with E-state index in [1.54, 1.807) is 11.3 Å². The van der Waals surface area contributed by atoms with Crippen LogP contribution < -0.4 is 5.32 Å². The fraction of sp³-hybridized carbons (Fsp3) is 0.412. The Hall–Kier alpha value is -0.970. The zero-order valence-corrected chi connectivity index (χ0v) is 14.0. The molecule has 1 aliphatic rings. The van der Waals surface area contributed by atoms with Gasteiger partial charge >= 0.3 is 0 Å². The molecule has 2 nitrogen and oxygen atoms in total. The number of fused-ring (bicyclic) bond motifs is 1. The van der Waals surface area contributed by atoms with Crippen LogP contribution in [0.25, 0.3) is 0 Å². The van der Waals surface area contributed by atoms with Crippen LogP contribution in [0.4, 0.5) is 0 Å². The fourth-order valence-electron chi connectivity index (χ4n) is 3.25. The molecule has 0 spiro atoms. The van der Waals surface area contributed by atoms with E-state index in [1.807, 2.05) is 17.5 Å². The molecule has 0 saturated heterocycles. The zero-order chi connectivity index (χ0) is 14.8. The summed E-state index contributed by atoms with van der Waals surface area (Å²) in [4.78, 5) is 0. The van der Waals surface area contributed by atoms with Gasteiger partial charge in [0.15, 0.2) is 0 Å². The van der Waals surface area contributed by atoms with E-state index in [9.17, 15) is 4.21 Å². The van der Waals surface area contributed by atoms with Crippen LogP contribution in [0.5, 0.6) is 0 Å². The minimum Gasteiger partial charge on any atom is -0.309 e. The van der Waals surface area contributed by atoms with Crippen LogP contribution in [-0.2, 0) is 10.8 Å². The van der Waals surface area contributed by atoms with Gasteiger partial charge in [-0.1, -0.05) is 44.2 Å². The summed E-state index contributed by atoms with van der Waals surface area (Å²) < 4.78 is 14.0. The maximum atomic E-state index is 13.0. The Labute approximate surface area is 133 Å². The summed E-state index contributed by atoms with van der Waals surface area (Å²) in [5, 5.41) is 5.72. The van der Waals surface area contributed by atoms with Crippen molar-refractivity contribution < 1.29 is 4.21 Å². The van der Waals surface area contributed by atoms with Gasteiger partial charge in [0.25, 0.3) is 0 Å². The molecule has 4 heteroatoms. The molecule has 0 aliphatic heterocycles. The van der Waals surface area contributed by atoms with Crippen LogP contribution in [0.15, 0.2) is 46.0 Å². The van der Waals surface area contributed by atoms with E-state index >= 15 is 0 Å². The van der Waals surface area contributed by atoms with Crippen LogP contribution in [0.2, 0.25) is 0 Å². The second kappa shape index (κ2) is 6.42. The molecule has 0 amide bonds. The molecule has 4 atom stereocenters. The first-order valence-electron chi connectivity index (χ1n) is 7.48. The molecule has 112 valence electrons. The Bertz CT molecular complexity index is 623. The summed E-state index contributed by atoms with van der Waals surface area (Å²) in [6.07, 6.45) is 0.971. The zero-order valence-electron chi connectivity index (χ0n) is 12.4. The first-order valence-corrected chi connectivity index (χ1v) is 9.58. The molecule has 0 radical (unpaired) electrons. The molecule has 0 bridgehead atoms. The molecular weight excluding hydrogens is 298 g/mol. The fourth-order valence-corrected chi connectivity index (χ4v) is 6.08. The van der Waals surface area contributed by atoms with Crippen molar-refractivity contribution in [3.63, 3.8) is 0 Å². The molecule has 2 aromatic rings. The number of hydrogen-bond donors (Lipinski definition) is 1. The van der Waals surface area contributed by atoms with Crippen molar-refractivity contribution in [2.45, 2.75) is 41.7 Å². The number of rotatable bonds is 4. The van der Waals surface area contributed by atoms with Gasteiger partial charge in [0.1, 0.15) is 0 Å². The monoisotopic (exact) mass is 319 g/mol. The predicted octanol–water partition coefficient (Wildman–Crippen LogP) is 4.08. The third-order valence-electron chi connectivity index (χ3n) is 4.21. The van der Waals surface area contributed by atoms with Gasteiger partial charge in [-0.25, -0.2) is 0 Å². The molecule has 0 saturated carbocycles. The third-order valence-corrected chi connectivity index (χ3v) is 7.20. The molecule has 1 aromatic heterocycles. The van der Waals surface area contributed by atoms with E-state index < -0.39 is 10.8 Å². The van der Waals surface area contributed by atoms with Gasteiger partial charge in [0.05, 0.1) is 20.3 Å². The van der Waals surface area contributed by atoms with E-state index in [0.29, 0.717) is 5.92 Å². The van der Waals surface area contributed by atoms with Crippen molar-refractivity contribution in [3.8, 4) is 0 Å². The number of thiophene rings is 1. The standard InChI is InChI=1S/C17H21NOS2/c1-3-18-17-14-8-5-4-7-13(14)12(2)11-15(17)21(19)16-9-6-10-20-16/h4-10,12,15,17-18H,3,11H2,1-2H3. The highest BCUT2D eigenvalue weighted by atomic mass is 32.2. The maximum Gasteiger partial charge on any atom is 0.0914 e. The van der Waals surface area contributed by atoms with Crippen molar-refractivity contribution >= 4 is 22.1 Å². The average molecular weight is 319 g/mol. The van der Waals surface area contributed by atoms with E-state index in [2.05, 4.69) is 43.4 Å². The van der Waals surface area contributed by atoms with Gasteiger partial charge in [0, 0.05) is 6.04 Å². The van der Waals surface area contributed by atoms with Crippen LogP contribution in [0.1, 0.15) is 43.4 Å². The molecule has 3 rings (SSSR count). The lowest BCUT2D eigenvalue weighted by Gasteiger charge is -2.36. The quantitative estimate of drug-likeness (QED) is 0.920. The number of hydrogen-bond acceptors (Lipinski definition) is 3. The molecule has 1 heterocycles. The van der Waals surface area contributed by atoms with Gasteiger partial charge in [-0.2, -0.15) is 0 Å². The van der Waals surface area contributed by atoms with Crippen LogP contribution in [-0.4, -0.2) is 16.0 Å². The van der Waals surface area contributed by atoms with E-state index in [-0.39, 0.29) is 11.3 Å². The highest BCUT2D eigenvalue weighted by molar-refractivity contribution is 7.88. The third kappa shape index (κ3) is 2.85. The lowest BCUT2D eigenvalue weighted by Crippen LogP contribution is -2.39. The highest BCUT2D eigenvalue weighted by Gasteiger charge is 2.36. The highest BCUT2D eigenvalue weighted by Crippen LogP contribution is 2.41. The Balaban J connectivity index is 1.99. The molecular formula is C17H21NOS2. The molecule has 1 N–H and O–H groups in total. The van der Waals surface area contributed by atoms with Gasteiger partial charge in [-0.3, -0.25) is 4.21 Å². The predicted molar refractivity (Wildman–Crippen MR) is 90.4 cm³/mol. The van der Waals surface area contributed by atoms with Crippen molar-refractivity contribution in [1.82, 2.24) is 5.32 Å². The van der Waals surface area contributed by atoms with E-state index in [1.165, 1.54) is 11.1 Å². The molecule has 1 aliphatic carbocycles. The van der Waals surface area contributed by atoms with E-state index in [0.717, 1.165) is 17.2 Å². The van der Waals surface area contributed by atoms with Crippen molar-refractivity contribution in [2.75, 3.05) is 6.54 Å². The molecule has 4 unspecified atom stereocenters. The largest absolute Gasteiger partial charge is 0.309 e. The Morgan fingerprint density at radius 3 is 2.67 bits per heavy atom. The van der Waals surface area contributed by atoms with Crippen molar-refractivity contribution in [3.05, 3.63) is 52.9 Å². The van der Waals surface area contributed by atoms with Crippen molar-refractivity contribution in [1.29, 1.82) is 0 Å². The van der Waals surface area contributed by atoms with Crippen LogP contribution in [0, 0.1) is 0 Å². The smallest absolute Gasteiger partial charge is 0.0914 e. The maximum absolute atomic E-state index is 13.0. The molecule has 21 heavy (non-hydrogen) atoms. The van der Waals surface area contributed by atoms with Gasteiger partial charge in [-0.15, -0.1) is 11.3 Å². The summed E-state index contributed by atoms with van der Waals surface area (Å²) >= 11 is 1.60. The minimum absolute atomic E-state index is 0.147. The summed E-state index contributed by atoms with van der Waals surface area (Å²) in [7, 11) is -0.942. The van der Waals surface area contributed by atoms with Crippen LogP contribution in [0.3, 0.4) is 0 Å². The first-order chi connectivity index (χ1) is 10.2. The summed E-state index contributed by atoms with van der Waals surface area (Å²) in [6.45, 7) is 5.26. The summed E-state index contributed by atoms with van der Waals surface area (Å²) in [5.41, 5.74) is 2.73. The van der Waals surface area contributed by atoms with Gasteiger partial charge in [0.2, 0.25) is 0 Å². The topological polar surface area (TPSA) is 29.1 Å². The lowest BCUT2D eigenvalue weighted by molar-refractivity contribution is 0.445. The number of nitrogens with one attached hydrogen (secondary N) is 1. The Morgan fingerprint density at radius 1 is 1.24 bits per heavy atom. The normalized spacial score (nSPS) is 26.3. The van der Waals surface area contributed by atoms with Crippen LogP contribution >= 0.6 is 11.3 Å². The summed E-state index contributed by atoms with van der Waals surface area (Å²) in [6, 6.07) is 12.8. The molecule has 1 aromatic carbocycles. The summed E-state index contributed by atoms with van der Waals surface area (Å²) in [5.74, 6) is 0.463. The first kappa shape index (κ1) is 14.9.